The van der Waals surface area contributed by atoms with Gasteiger partial charge in [0.15, 0.2) is 0 Å². The molecule has 108 valence electrons. The van der Waals surface area contributed by atoms with E-state index >= 15 is 0 Å². The number of benzene rings is 1. The highest BCUT2D eigenvalue weighted by Gasteiger charge is 2.06. The summed E-state index contributed by atoms with van der Waals surface area (Å²) in [6.07, 6.45) is 0. The van der Waals surface area contributed by atoms with Crippen LogP contribution in [-0.4, -0.2) is 23.0 Å². The van der Waals surface area contributed by atoms with Crippen LogP contribution in [0.5, 0.6) is 0 Å². The Morgan fingerprint density at radius 2 is 1.95 bits per heavy atom. The summed E-state index contributed by atoms with van der Waals surface area (Å²) in [6, 6.07) is 8.54. The van der Waals surface area contributed by atoms with Crippen molar-refractivity contribution in [2.75, 3.05) is 18.4 Å². The molecule has 0 aliphatic heterocycles. The van der Waals surface area contributed by atoms with E-state index in [0.29, 0.717) is 0 Å². The molecule has 0 saturated heterocycles. The fraction of sp³-hybridized carbons (Fsp3) is 0.438. The molecule has 0 fully saturated rings. The first-order valence-electron chi connectivity index (χ1n) is 7.18. The topological polar surface area (TPSA) is 28.2 Å². The minimum atomic E-state index is 0.791. The number of hydrogen-bond acceptors (Lipinski definition) is 4. The lowest BCUT2D eigenvalue weighted by molar-refractivity contribution is 0.296. The number of rotatable bonds is 7. The first-order chi connectivity index (χ1) is 9.72. The Hall–Kier alpha value is -1.39. The molecule has 2 rings (SSSR count). The van der Waals surface area contributed by atoms with Crippen molar-refractivity contribution in [1.82, 2.24) is 9.88 Å². The second-order valence-electron chi connectivity index (χ2n) is 4.83. The Morgan fingerprint density at radius 3 is 2.60 bits per heavy atom. The molecule has 2 aromatic rings. The minimum absolute atomic E-state index is 0.791. The SMILES string of the molecule is CCN(CC)Cc1ccccc1NCc1csc(C)n1. The molecule has 0 spiro atoms. The van der Waals surface area contributed by atoms with E-state index < -0.39 is 0 Å². The average molecular weight is 289 g/mol. The number of para-hydroxylation sites is 1. The molecule has 1 aromatic carbocycles. The molecule has 0 amide bonds. The molecule has 1 aromatic heterocycles. The van der Waals surface area contributed by atoms with Crippen LogP contribution in [0.2, 0.25) is 0 Å². The number of anilines is 1. The van der Waals surface area contributed by atoms with E-state index in [1.54, 1.807) is 11.3 Å². The zero-order valence-corrected chi connectivity index (χ0v) is 13.3. The fourth-order valence-corrected chi connectivity index (χ4v) is 2.81. The molecule has 1 heterocycles. The highest BCUT2D eigenvalue weighted by molar-refractivity contribution is 7.09. The van der Waals surface area contributed by atoms with Gasteiger partial charge in [-0.15, -0.1) is 11.3 Å². The molecule has 0 aliphatic rings. The second kappa shape index (κ2) is 7.41. The predicted molar refractivity (Wildman–Crippen MR) is 87.2 cm³/mol. The molecular formula is C16H23N3S. The maximum Gasteiger partial charge on any atom is 0.0898 e. The molecule has 0 radical (unpaired) electrons. The number of nitrogens with one attached hydrogen (secondary N) is 1. The van der Waals surface area contributed by atoms with Crippen molar-refractivity contribution < 1.29 is 0 Å². The Bertz CT molecular complexity index is 532. The Labute approximate surface area is 125 Å². The van der Waals surface area contributed by atoms with Crippen LogP contribution in [0, 0.1) is 6.92 Å². The maximum absolute atomic E-state index is 4.49. The zero-order valence-electron chi connectivity index (χ0n) is 12.5. The molecular weight excluding hydrogens is 266 g/mol. The van der Waals surface area contributed by atoms with Gasteiger partial charge in [0.05, 0.1) is 17.2 Å². The smallest absolute Gasteiger partial charge is 0.0898 e. The highest BCUT2D eigenvalue weighted by atomic mass is 32.1. The Balaban J connectivity index is 2.03. The van der Waals surface area contributed by atoms with Crippen LogP contribution in [0.15, 0.2) is 29.6 Å². The van der Waals surface area contributed by atoms with Crippen LogP contribution in [0.25, 0.3) is 0 Å². The van der Waals surface area contributed by atoms with E-state index in [-0.39, 0.29) is 0 Å². The summed E-state index contributed by atoms with van der Waals surface area (Å²) in [7, 11) is 0. The fourth-order valence-electron chi connectivity index (χ4n) is 2.19. The van der Waals surface area contributed by atoms with Crippen molar-refractivity contribution >= 4 is 17.0 Å². The molecule has 0 unspecified atom stereocenters. The van der Waals surface area contributed by atoms with Gasteiger partial charge in [0.1, 0.15) is 0 Å². The van der Waals surface area contributed by atoms with Gasteiger partial charge >= 0.3 is 0 Å². The quantitative estimate of drug-likeness (QED) is 0.837. The number of aryl methyl sites for hydroxylation is 1. The van der Waals surface area contributed by atoms with E-state index in [2.05, 4.69) is 58.7 Å². The van der Waals surface area contributed by atoms with Crippen LogP contribution in [0.4, 0.5) is 5.69 Å². The van der Waals surface area contributed by atoms with Gasteiger partial charge in [0, 0.05) is 17.6 Å². The standard InChI is InChI=1S/C16H23N3S/c1-4-19(5-2)11-14-8-6-7-9-16(14)17-10-15-12-20-13(3)18-15/h6-9,12,17H,4-5,10-11H2,1-3H3. The van der Waals surface area contributed by atoms with Crippen molar-refractivity contribution in [3.63, 3.8) is 0 Å². The third kappa shape index (κ3) is 4.05. The number of aromatic nitrogens is 1. The molecule has 0 bridgehead atoms. The van der Waals surface area contributed by atoms with E-state index in [1.165, 1.54) is 11.3 Å². The van der Waals surface area contributed by atoms with Gasteiger partial charge in [0.2, 0.25) is 0 Å². The number of thiazole rings is 1. The molecule has 4 heteroatoms. The molecule has 1 N–H and O–H groups in total. The molecule has 0 saturated carbocycles. The molecule has 0 aliphatic carbocycles. The predicted octanol–water partition coefficient (Wildman–Crippen LogP) is 3.91. The van der Waals surface area contributed by atoms with Crippen molar-refractivity contribution in [3.8, 4) is 0 Å². The Kier molecular flexibility index (Phi) is 5.56. The lowest BCUT2D eigenvalue weighted by atomic mass is 10.1. The molecule has 3 nitrogen and oxygen atoms in total. The maximum atomic E-state index is 4.49. The highest BCUT2D eigenvalue weighted by Crippen LogP contribution is 2.18. The first-order valence-corrected chi connectivity index (χ1v) is 8.06. The van der Waals surface area contributed by atoms with Crippen molar-refractivity contribution in [3.05, 3.63) is 45.9 Å². The van der Waals surface area contributed by atoms with E-state index in [9.17, 15) is 0 Å². The summed E-state index contributed by atoms with van der Waals surface area (Å²) < 4.78 is 0. The van der Waals surface area contributed by atoms with Crippen LogP contribution in [0.1, 0.15) is 30.1 Å². The monoisotopic (exact) mass is 289 g/mol. The second-order valence-corrected chi connectivity index (χ2v) is 5.89. The Morgan fingerprint density at radius 1 is 1.20 bits per heavy atom. The van der Waals surface area contributed by atoms with Gasteiger partial charge in [-0.2, -0.15) is 0 Å². The minimum Gasteiger partial charge on any atom is -0.379 e. The summed E-state index contributed by atoms with van der Waals surface area (Å²) in [4.78, 5) is 6.92. The van der Waals surface area contributed by atoms with Gasteiger partial charge in [-0.3, -0.25) is 4.90 Å². The van der Waals surface area contributed by atoms with Crippen molar-refractivity contribution in [2.24, 2.45) is 0 Å². The van der Waals surface area contributed by atoms with Crippen molar-refractivity contribution in [1.29, 1.82) is 0 Å². The molecule has 20 heavy (non-hydrogen) atoms. The van der Waals surface area contributed by atoms with E-state index in [0.717, 1.165) is 36.9 Å². The molecule has 0 atom stereocenters. The van der Waals surface area contributed by atoms with E-state index in [1.807, 2.05) is 6.92 Å². The van der Waals surface area contributed by atoms with E-state index in [4.69, 9.17) is 0 Å². The normalized spacial score (nSPS) is 11.0. The van der Waals surface area contributed by atoms with Crippen molar-refractivity contribution in [2.45, 2.75) is 33.9 Å². The van der Waals surface area contributed by atoms with Gasteiger partial charge in [0.25, 0.3) is 0 Å². The summed E-state index contributed by atoms with van der Waals surface area (Å²) in [5, 5.41) is 6.76. The van der Waals surface area contributed by atoms with Crippen LogP contribution in [-0.2, 0) is 13.1 Å². The largest absolute Gasteiger partial charge is 0.379 e. The van der Waals surface area contributed by atoms with Gasteiger partial charge in [-0.1, -0.05) is 32.0 Å². The summed E-state index contributed by atoms with van der Waals surface area (Å²) >= 11 is 1.70. The summed E-state index contributed by atoms with van der Waals surface area (Å²) in [6.45, 7) is 10.4. The summed E-state index contributed by atoms with van der Waals surface area (Å²) in [5.41, 5.74) is 3.68. The lowest BCUT2D eigenvalue weighted by Gasteiger charge is -2.20. The van der Waals surface area contributed by atoms with Crippen LogP contribution < -0.4 is 5.32 Å². The zero-order chi connectivity index (χ0) is 14.4. The number of nitrogens with zero attached hydrogens (tertiary/aromatic N) is 2. The number of hydrogen-bond donors (Lipinski definition) is 1. The van der Waals surface area contributed by atoms with Crippen LogP contribution >= 0.6 is 11.3 Å². The third-order valence-corrected chi connectivity index (χ3v) is 4.25. The summed E-state index contributed by atoms with van der Waals surface area (Å²) in [5.74, 6) is 0. The first kappa shape index (κ1) is 15.0. The van der Waals surface area contributed by atoms with Crippen LogP contribution in [0.3, 0.4) is 0 Å². The van der Waals surface area contributed by atoms with Gasteiger partial charge < -0.3 is 5.32 Å². The van der Waals surface area contributed by atoms with Gasteiger partial charge in [-0.25, -0.2) is 4.98 Å². The van der Waals surface area contributed by atoms with Gasteiger partial charge in [-0.05, 0) is 31.6 Å². The third-order valence-electron chi connectivity index (χ3n) is 3.43. The lowest BCUT2D eigenvalue weighted by Crippen LogP contribution is -2.22. The average Bonchev–Trinajstić information content (AvgIpc) is 2.89.